The van der Waals surface area contributed by atoms with Crippen LogP contribution in [0.4, 0.5) is 5.69 Å². The van der Waals surface area contributed by atoms with Gasteiger partial charge in [0.05, 0.1) is 16.8 Å². The van der Waals surface area contributed by atoms with Crippen LogP contribution in [0.3, 0.4) is 0 Å². The van der Waals surface area contributed by atoms with Crippen LogP contribution in [0.2, 0.25) is 0 Å². The number of benzene rings is 1. The molecule has 0 radical (unpaired) electrons. The van der Waals surface area contributed by atoms with E-state index >= 15 is 0 Å². The number of hydrogen-bond acceptors (Lipinski definition) is 6. The number of hydrogen-bond donors (Lipinski definition) is 1. The normalized spacial score (nSPS) is 12.4. The number of aromatic nitrogens is 1. The lowest BCUT2D eigenvalue weighted by molar-refractivity contribution is -0.119. The van der Waals surface area contributed by atoms with Crippen molar-refractivity contribution >= 4 is 28.9 Å². The first-order valence-corrected chi connectivity index (χ1v) is 9.00. The highest BCUT2D eigenvalue weighted by molar-refractivity contribution is 6.04. The van der Waals surface area contributed by atoms with Crippen molar-refractivity contribution in [1.29, 1.82) is 0 Å². The fourth-order valence-electron chi connectivity index (χ4n) is 3.11. The molecule has 0 saturated heterocycles. The minimum atomic E-state index is -0.682. The summed E-state index contributed by atoms with van der Waals surface area (Å²) in [6.07, 6.45) is 1.69. The van der Waals surface area contributed by atoms with Gasteiger partial charge in [-0.1, -0.05) is 6.07 Å². The second-order valence-electron chi connectivity index (χ2n) is 6.44. The molecular formula is C21H18N2O6. The van der Waals surface area contributed by atoms with E-state index in [0.717, 1.165) is 0 Å². The number of anilines is 1. The zero-order valence-corrected chi connectivity index (χ0v) is 15.6. The predicted octanol–water partition coefficient (Wildman–Crippen LogP) is 2.71. The SMILES string of the molecule is CC(=O)c1cc(C(=O)OCC(=O)Nc2ccc3c(c2)OCCO3)c2ccccn12. The van der Waals surface area contributed by atoms with Gasteiger partial charge in [0.25, 0.3) is 5.91 Å². The Morgan fingerprint density at radius 2 is 1.86 bits per heavy atom. The first kappa shape index (κ1) is 18.5. The van der Waals surface area contributed by atoms with E-state index in [-0.39, 0.29) is 11.3 Å². The molecule has 0 fully saturated rings. The average molecular weight is 394 g/mol. The minimum absolute atomic E-state index is 0.179. The minimum Gasteiger partial charge on any atom is -0.486 e. The van der Waals surface area contributed by atoms with Gasteiger partial charge in [0.2, 0.25) is 0 Å². The molecule has 3 heterocycles. The van der Waals surface area contributed by atoms with Crippen LogP contribution in [0.1, 0.15) is 27.8 Å². The van der Waals surface area contributed by atoms with Gasteiger partial charge >= 0.3 is 5.97 Å². The summed E-state index contributed by atoms with van der Waals surface area (Å²) in [5, 5.41) is 2.65. The van der Waals surface area contributed by atoms with Crippen LogP contribution in [-0.2, 0) is 9.53 Å². The Morgan fingerprint density at radius 1 is 1.07 bits per heavy atom. The number of ketones is 1. The van der Waals surface area contributed by atoms with Crippen molar-refractivity contribution in [2.24, 2.45) is 0 Å². The number of fused-ring (bicyclic) bond motifs is 2. The summed E-state index contributed by atoms with van der Waals surface area (Å²) in [5.41, 5.74) is 1.63. The number of rotatable bonds is 5. The van der Waals surface area contributed by atoms with Crippen molar-refractivity contribution in [2.75, 3.05) is 25.1 Å². The Kier molecular flexibility index (Phi) is 4.90. The maximum atomic E-state index is 12.5. The van der Waals surface area contributed by atoms with Gasteiger partial charge in [-0.15, -0.1) is 0 Å². The van der Waals surface area contributed by atoms with Crippen molar-refractivity contribution in [2.45, 2.75) is 6.92 Å². The van der Waals surface area contributed by atoms with Gasteiger partial charge in [-0.25, -0.2) is 4.79 Å². The van der Waals surface area contributed by atoms with Gasteiger partial charge in [0, 0.05) is 24.9 Å². The van der Waals surface area contributed by atoms with Crippen molar-refractivity contribution < 1.29 is 28.6 Å². The molecule has 8 heteroatoms. The highest BCUT2D eigenvalue weighted by Gasteiger charge is 2.19. The van der Waals surface area contributed by atoms with Crippen molar-refractivity contribution in [3.05, 3.63) is 59.9 Å². The Morgan fingerprint density at radius 3 is 2.66 bits per heavy atom. The summed E-state index contributed by atoms with van der Waals surface area (Å²) in [6.45, 7) is 1.88. The van der Waals surface area contributed by atoms with Crippen LogP contribution in [0.25, 0.3) is 5.52 Å². The second-order valence-corrected chi connectivity index (χ2v) is 6.44. The summed E-state index contributed by atoms with van der Waals surface area (Å²) in [6, 6.07) is 11.7. The molecule has 0 atom stereocenters. The summed E-state index contributed by atoms with van der Waals surface area (Å²) in [5.74, 6) is -0.198. The molecule has 0 unspecified atom stereocenters. The first-order chi connectivity index (χ1) is 14.0. The van der Waals surface area contributed by atoms with E-state index in [4.69, 9.17) is 14.2 Å². The van der Waals surface area contributed by atoms with Gasteiger partial charge in [0.15, 0.2) is 23.9 Å². The monoisotopic (exact) mass is 394 g/mol. The third kappa shape index (κ3) is 3.77. The largest absolute Gasteiger partial charge is 0.486 e. The van der Waals surface area contributed by atoms with Crippen LogP contribution in [0, 0.1) is 0 Å². The Hall–Kier alpha value is -3.81. The van der Waals surface area contributed by atoms with Crippen LogP contribution >= 0.6 is 0 Å². The molecule has 0 bridgehead atoms. The summed E-state index contributed by atoms with van der Waals surface area (Å²) in [7, 11) is 0. The standard InChI is InChI=1S/C21H18N2O6/c1-13(24)17-11-15(16-4-2-3-7-23(16)17)21(26)29-12-20(25)22-14-5-6-18-19(10-14)28-9-8-27-18/h2-7,10-11H,8-9,12H2,1H3,(H,22,25). The van der Waals surface area contributed by atoms with Gasteiger partial charge in [-0.2, -0.15) is 0 Å². The predicted molar refractivity (Wildman–Crippen MR) is 104 cm³/mol. The lowest BCUT2D eigenvalue weighted by Gasteiger charge is -2.19. The lowest BCUT2D eigenvalue weighted by atomic mass is 10.2. The van der Waals surface area contributed by atoms with Crippen LogP contribution in [-0.4, -0.2) is 41.9 Å². The maximum Gasteiger partial charge on any atom is 0.340 e. The van der Waals surface area contributed by atoms with E-state index in [1.807, 2.05) is 0 Å². The Labute approximate surface area is 166 Å². The topological polar surface area (TPSA) is 95.3 Å². The number of carbonyl (C=O) groups is 3. The molecule has 148 valence electrons. The molecule has 2 aromatic heterocycles. The maximum absolute atomic E-state index is 12.5. The van der Waals surface area contributed by atoms with Crippen LogP contribution < -0.4 is 14.8 Å². The van der Waals surface area contributed by atoms with Crippen molar-refractivity contribution in [1.82, 2.24) is 4.40 Å². The molecule has 1 amide bonds. The number of Topliss-reactive ketones (excluding diaryl/α,β-unsaturated/α-hetero) is 1. The van der Waals surface area contributed by atoms with Crippen LogP contribution in [0.5, 0.6) is 11.5 Å². The molecule has 1 aliphatic rings. The highest BCUT2D eigenvalue weighted by Crippen LogP contribution is 2.32. The number of esters is 1. The lowest BCUT2D eigenvalue weighted by Crippen LogP contribution is -2.21. The zero-order chi connectivity index (χ0) is 20.4. The summed E-state index contributed by atoms with van der Waals surface area (Å²) in [4.78, 5) is 36.5. The third-order valence-corrected chi connectivity index (χ3v) is 4.42. The van der Waals surface area contributed by atoms with E-state index in [9.17, 15) is 14.4 Å². The van der Waals surface area contributed by atoms with Gasteiger partial charge in [-0.3, -0.25) is 9.59 Å². The summed E-state index contributed by atoms with van der Waals surface area (Å²) < 4.78 is 17.7. The summed E-state index contributed by atoms with van der Waals surface area (Å²) >= 11 is 0. The van der Waals surface area contributed by atoms with E-state index in [1.54, 1.807) is 47.0 Å². The van der Waals surface area contributed by atoms with E-state index in [1.165, 1.54) is 13.0 Å². The van der Waals surface area contributed by atoms with Gasteiger partial charge < -0.3 is 23.9 Å². The second kappa shape index (κ2) is 7.67. The molecule has 1 aliphatic heterocycles. The zero-order valence-electron chi connectivity index (χ0n) is 15.6. The number of ether oxygens (including phenoxy) is 3. The van der Waals surface area contributed by atoms with Crippen molar-refractivity contribution in [3.8, 4) is 11.5 Å². The van der Waals surface area contributed by atoms with Crippen LogP contribution in [0.15, 0.2) is 48.7 Å². The number of pyridine rings is 1. The Bertz CT molecular complexity index is 1120. The molecule has 3 aromatic rings. The number of nitrogens with zero attached hydrogens (tertiary/aromatic N) is 1. The van der Waals surface area contributed by atoms with Gasteiger partial charge in [0.1, 0.15) is 13.2 Å². The highest BCUT2D eigenvalue weighted by atomic mass is 16.6. The first-order valence-electron chi connectivity index (χ1n) is 9.00. The number of carbonyl (C=O) groups excluding carboxylic acids is 3. The number of amides is 1. The van der Waals surface area contributed by atoms with E-state index in [2.05, 4.69) is 5.32 Å². The molecular weight excluding hydrogens is 376 g/mol. The smallest absolute Gasteiger partial charge is 0.340 e. The molecule has 4 rings (SSSR count). The van der Waals surface area contributed by atoms with E-state index < -0.39 is 18.5 Å². The molecule has 1 N–H and O–H groups in total. The molecule has 29 heavy (non-hydrogen) atoms. The fraction of sp³-hybridized carbons (Fsp3) is 0.190. The quantitative estimate of drug-likeness (QED) is 0.528. The number of nitrogens with one attached hydrogen (secondary N) is 1. The fourth-order valence-corrected chi connectivity index (χ4v) is 3.11. The van der Waals surface area contributed by atoms with Gasteiger partial charge in [-0.05, 0) is 30.3 Å². The molecule has 8 nitrogen and oxygen atoms in total. The molecule has 0 aliphatic carbocycles. The van der Waals surface area contributed by atoms with Crippen molar-refractivity contribution in [3.63, 3.8) is 0 Å². The molecule has 0 saturated carbocycles. The third-order valence-electron chi connectivity index (χ3n) is 4.42. The van der Waals surface area contributed by atoms with E-state index in [0.29, 0.717) is 41.6 Å². The molecule has 1 aromatic carbocycles. The Balaban J connectivity index is 1.43. The molecule has 0 spiro atoms. The average Bonchev–Trinajstić information content (AvgIpc) is 3.12.